The van der Waals surface area contributed by atoms with E-state index in [1.807, 2.05) is 0 Å². The van der Waals surface area contributed by atoms with E-state index in [0.717, 1.165) is 5.56 Å². The van der Waals surface area contributed by atoms with Gasteiger partial charge in [-0.25, -0.2) is 4.79 Å². The lowest BCUT2D eigenvalue weighted by Gasteiger charge is -2.09. The number of hydrogen-bond donors (Lipinski definition) is 3. The van der Waals surface area contributed by atoms with Crippen molar-refractivity contribution in [2.24, 2.45) is 5.73 Å². The van der Waals surface area contributed by atoms with E-state index in [4.69, 9.17) is 10.6 Å². The normalized spacial score (nSPS) is 9.41. The first kappa shape index (κ1) is 12.8. The molecular formula is C12H15N3O2. The van der Waals surface area contributed by atoms with Gasteiger partial charge in [0.2, 0.25) is 0 Å². The molecule has 0 saturated carbocycles. The average Bonchev–Trinajstić information content (AvgIpc) is 2.29. The molecule has 0 saturated heterocycles. The molecule has 0 aliphatic carbocycles. The van der Waals surface area contributed by atoms with Gasteiger partial charge in [-0.05, 0) is 17.7 Å². The lowest BCUT2D eigenvalue weighted by Crippen LogP contribution is -2.19. The molecule has 17 heavy (non-hydrogen) atoms. The van der Waals surface area contributed by atoms with Crippen molar-refractivity contribution >= 4 is 17.4 Å². The third-order valence-corrected chi connectivity index (χ3v) is 1.90. The summed E-state index contributed by atoms with van der Waals surface area (Å²) >= 11 is 0. The summed E-state index contributed by atoms with van der Waals surface area (Å²) in [6.45, 7) is 7.72. The van der Waals surface area contributed by atoms with Crippen molar-refractivity contribution < 1.29 is 9.63 Å². The van der Waals surface area contributed by atoms with Crippen molar-refractivity contribution in [1.82, 2.24) is 5.48 Å². The van der Waals surface area contributed by atoms with Gasteiger partial charge in [0.05, 0.1) is 12.3 Å². The molecule has 0 aliphatic rings. The van der Waals surface area contributed by atoms with E-state index in [0.29, 0.717) is 18.0 Å². The van der Waals surface area contributed by atoms with Crippen molar-refractivity contribution in [1.29, 1.82) is 0 Å². The first-order valence-electron chi connectivity index (χ1n) is 4.98. The predicted octanol–water partition coefficient (Wildman–Crippen LogP) is 1.86. The van der Waals surface area contributed by atoms with Crippen molar-refractivity contribution in [2.75, 3.05) is 11.9 Å². The fraction of sp³-hybridized carbons (Fsp3) is 0.0833. The van der Waals surface area contributed by atoms with Gasteiger partial charge in [-0.15, -0.1) is 6.58 Å². The minimum Gasteiger partial charge on any atom is -0.351 e. The fourth-order valence-electron chi connectivity index (χ4n) is 1.14. The van der Waals surface area contributed by atoms with Gasteiger partial charge in [0.15, 0.2) is 0 Å². The summed E-state index contributed by atoms with van der Waals surface area (Å²) in [5.41, 5.74) is 9.78. The number of amides is 2. The Morgan fingerprint density at radius 1 is 1.41 bits per heavy atom. The van der Waals surface area contributed by atoms with Crippen LogP contribution in [0.2, 0.25) is 0 Å². The first-order valence-corrected chi connectivity index (χ1v) is 4.98. The summed E-state index contributed by atoms with van der Waals surface area (Å²) in [5, 5.41) is 2.47. The SMILES string of the molecule is C=CCONC(=C)c1ccc(NC(N)=O)cc1. The topological polar surface area (TPSA) is 76.4 Å². The van der Waals surface area contributed by atoms with Gasteiger partial charge in [-0.1, -0.05) is 24.8 Å². The fourth-order valence-corrected chi connectivity index (χ4v) is 1.14. The molecule has 0 fully saturated rings. The van der Waals surface area contributed by atoms with E-state index in [9.17, 15) is 4.79 Å². The number of rotatable bonds is 6. The van der Waals surface area contributed by atoms with E-state index in [-0.39, 0.29) is 0 Å². The lowest BCUT2D eigenvalue weighted by molar-refractivity contribution is 0.104. The van der Waals surface area contributed by atoms with Gasteiger partial charge in [-0.3, -0.25) is 10.3 Å². The van der Waals surface area contributed by atoms with Crippen LogP contribution in [0.5, 0.6) is 0 Å². The zero-order valence-corrected chi connectivity index (χ0v) is 9.40. The van der Waals surface area contributed by atoms with Crippen molar-refractivity contribution in [3.8, 4) is 0 Å². The number of nitrogens with two attached hydrogens (primary N) is 1. The zero-order valence-electron chi connectivity index (χ0n) is 9.40. The van der Waals surface area contributed by atoms with Gasteiger partial charge in [0.25, 0.3) is 0 Å². The second-order valence-corrected chi connectivity index (χ2v) is 3.25. The van der Waals surface area contributed by atoms with Crippen molar-refractivity contribution in [3.05, 3.63) is 49.1 Å². The molecule has 4 N–H and O–H groups in total. The van der Waals surface area contributed by atoms with E-state index in [1.165, 1.54) is 0 Å². The molecule has 0 aromatic heterocycles. The maximum Gasteiger partial charge on any atom is 0.316 e. The smallest absolute Gasteiger partial charge is 0.316 e. The number of urea groups is 1. The molecule has 5 nitrogen and oxygen atoms in total. The van der Waals surface area contributed by atoms with Gasteiger partial charge in [0, 0.05) is 5.69 Å². The quantitative estimate of drug-likeness (QED) is 0.398. The summed E-state index contributed by atoms with van der Waals surface area (Å²) in [5.74, 6) is 0. The third kappa shape index (κ3) is 4.40. The Bertz CT molecular complexity index is 412. The molecule has 5 heteroatoms. The Morgan fingerprint density at radius 2 is 2.06 bits per heavy atom. The van der Waals surface area contributed by atoms with E-state index in [1.54, 1.807) is 30.3 Å². The van der Waals surface area contributed by atoms with E-state index in [2.05, 4.69) is 24.0 Å². The van der Waals surface area contributed by atoms with Crippen LogP contribution in [0.15, 0.2) is 43.5 Å². The highest BCUT2D eigenvalue weighted by molar-refractivity contribution is 5.87. The number of carbonyl (C=O) groups excluding carboxylic acids is 1. The third-order valence-electron chi connectivity index (χ3n) is 1.90. The minimum absolute atomic E-state index is 0.389. The number of primary amides is 1. The zero-order chi connectivity index (χ0) is 12.7. The van der Waals surface area contributed by atoms with Crippen LogP contribution in [0.4, 0.5) is 10.5 Å². The predicted molar refractivity (Wildman–Crippen MR) is 68.0 cm³/mol. The number of hydrogen-bond acceptors (Lipinski definition) is 3. The molecule has 0 aliphatic heterocycles. The molecule has 1 aromatic carbocycles. The molecule has 90 valence electrons. The highest BCUT2D eigenvalue weighted by atomic mass is 16.6. The van der Waals surface area contributed by atoms with Crippen LogP contribution in [0.25, 0.3) is 5.70 Å². The maximum atomic E-state index is 10.6. The summed E-state index contributed by atoms with van der Waals surface area (Å²) in [6.07, 6.45) is 1.63. The van der Waals surface area contributed by atoms with Gasteiger partial charge in [-0.2, -0.15) is 0 Å². The second kappa shape index (κ2) is 6.34. The number of benzene rings is 1. The van der Waals surface area contributed by atoms with Crippen LogP contribution in [-0.2, 0) is 4.84 Å². The highest BCUT2D eigenvalue weighted by Gasteiger charge is 2.00. The standard InChI is InChI=1S/C12H15N3O2/c1-3-8-17-15-9(2)10-4-6-11(7-5-10)14-12(13)16/h3-7,15H,1-2,8H2,(H3,13,14,16). The lowest BCUT2D eigenvalue weighted by atomic mass is 10.1. The Labute approximate surface area is 99.9 Å². The summed E-state index contributed by atoms with van der Waals surface area (Å²) in [6, 6.07) is 6.43. The maximum absolute atomic E-state index is 10.6. The molecular weight excluding hydrogens is 218 g/mol. The Kier molecular flexibility index (Phi) is 4.77. The molecule has 0 spiro atoms. The number of hydroxylamine groups is 1. The molecule has 0 atom stereocenters. The summed E-state index contributed by atoms with van der Waals surface area (Å²) in [7, 11) is 0. The summed E-state index contributed by atoms with van der Waals surface area (Å²) < 4.78 is 0. The first-order chi connectivity index (χ1) is 8.13. The molecule has 1 aromatic rings. The van der Waals surface area contributed by atoms with Crippen LogP contribution < -0.4 is 16.5 Å². The Hall–Kier alpha value is -2.27. The van der Waals surface area contributed by atoms with Crippen LogP contribution >= 0.6 is 0 Å². The minimum atomic E-state index is -0.594. The van der Waals surface area contributed by atoms with Crippen molar-refractivity contribution in [3.63, 3.8) is 0 Å². The van der Waals surface area contributed by atoms with Gasteiger partial charge < -0.3 is 11.1 Å². The monoisotopic (exact) mass is 233 g/mol. The second-order valence-electron chi connectivity index (χ2n) is 3.25. The van der Waals surface area contributed by atoms with E-state index >= 15 is 0 Å². The number of nitrogens with one attached hydrogen (secondary N) is 2. The van der Waals surface area contributed by atoms with Crippen LogP contribution in [-0.4, -0.2) is 12.6 Å². The Balaban J connectivity index is 2.57. The van der Waals surface area contributed by atoms with E-state index < -0.39 is 6.03 Å². The Morgan fingerprint density at radius 3 is 2.59 bits per heavy atom. The van der Waals surface area contributed by atoms with Crippen LogP contribution in [0.1, 0.15) is 5.56 Å². The average molecular weight is 233 g/mol. The van der Waals surface area contributed by atoms with Crippen LogP contribution in [0.3, 0.4) is 0 Å². The molecule has 1 rings (SSSR count). The van der Waals surface area contributed by atoms with Gasteiger partial charge >= 0.3 is 6.03 Å². The summed E-state index contributed by atoms with van der Waals surface area (Å²) in [4.78, 5) is 15.7. The molecule has 2 amide bonds. The highest BCUT2D eigenvalue weighted by Crippen LogP contribution is 2.14. The molecule has 0 heterocycles. The largest absolute Gasteiger partial charge is 0.351 e. The molecule has 0 radical (unpaired) electrons. The number of carbonyl (C=O) groups is 1. The number of anilines is 1. The van der Waals surface area contributed by atoms with Gasteiger partial charge in [0.1, 0.15) is 0 Å². The van der Waals surface area contributed by atoms with Crippen molar-refractivity contribution in [2.45, 2.75) is 0 Å². The molecule has 0 unspecified atom stereocenters. The van der Waals surface area contributed by atoms with Crippen LogP contribution in [0, 0.1) is 0 Å². The molecule has 0 bridgehead atoms.